The number of rotatable bonds is 6. The van der Waals surface area contributed by atoms with Crippen molar-refractivity contribution in [3.05, 3.63) is 131 Å². The second-order valence-electron chi connectivity index (χ2n) is 8.76. The molecule has 1 amide bonds. The van der Waals surface area contributed by atoms with Crippen molar-refractivity contribution >= 4 is 33.3 Å². The molecule has 4 aromatic rings. The zero-order chi connectivity index (χ0) is 25.3. The maximum absolute atomic E-state index is 14.0. The number of amides is 1. The van der Waals surface area contributed by atoms with Crippen LogP contribution in [0.5, 0.6) is 0 Å². The minimum Gasteiger partial charge on any atom is -0.311 e. The topological polar surface area (TPSA) is 57.7 Å². The maximum Gasteiger partial charge on any atom is 0.258 e. The molecule has 0 N–H and O–H groups in total. The van der Waals surface area contributed by atoms with E-state index in [9.17, 15) is 13.2 Å². The fraction of sp³-hybridized carbons (Fsp3) is 0.100. The first kappa shape index (κ1) is 23.7. The van der Waals surface area contributed by atoms with Gasteiger partial charge < -0.3 is 4.90 Å². The number of hydrogen-bond acceptors (Lipinski definition) is 3. The lowest BCUT2D eigenvalue weighted by Gasteiger charge is -2.28. The van der Waals surface area contributed by atoms with Crippen LogP contribution < -0.4 is 4.90 Å². The highest BCUT2D eigenvalue weighted by molar-refractivity contribution is 7.89. The molecule has 0 bridgehead atoms. The molecule has 0 fully saturated rings. The molecule has 0 saturated carbocycles. The van der Waals surface area contributed by atoms with Crippen molar-refractivity contribution in [3.8, 4) is 0 Å². The number of sulfonamides is 1. The van der Waals surface area contributed by atoms with Gasteiger partial charge in [0.15, 0.2) is 0 Å². The number of likely N-dealkylation sites (N-methyl/N-ethyl adjacent to an activating group) is 1. The molecular weight excluding hydrogens is 468 g/mol. The smallest absolute Gasteiger partial charge is 0.258 e. The SMILES string of the molecule is CN1C(=O)/C(=C/c2ccccc2)c2cc(S(=O)(=O)N(C)C(c3ccccc3)c3ccccc3)ccc21. The van der Waals surface area contributed by atoms with Gasteiger partial charge in [0, 0.05) is 25.2 Å². The van der Waals surface area contributed by atoms with Crippen molar-refractivity contribution in [2.45, 2.75) is 10.9 Å². The van der Waals surface area contributed by atoms with Crippen LogP contribution in [0.25, 0.3) is 11.6 Å². The van der Waals surface area contributed by atoms with E-state index in [1.54, 1.807) is 37.2 Å². The Kier molecular flexibility index (Phi) is 6.31. The first-order chi connectivity index (χ1) is 17.4. The lowest BCUT2D eigenvalue weighted by atomic mass is 9.99. The quantitative estimate of drug-likeness (QED) is 0.327. The largest absolute Gasteiger partial charge is 0.311 e. The van der Waals surface area contributed by atoms with Gasteiger partial charge in [0.05, 0.1) is 16.6 Å². The number of carbonyl (C=O) groups excluding carboxylic acids is 1. The van der Waals surface area contributed by atoms with Gasteiger partial charge in [-0.2, -0.15) is 4.31 Å². The highest BCUT2D eigenvalue weighted by Gasteiger charge is 2.34. The van der Waals surface area contributed by atoms with Crippen LogP contribution >= 0.6 is 0 Å². The van der Waals surface area contributed by atoms with Crippen molar-refractivity contribution in [1.82, 2.24) is 4.31 Å². The van der Waals surface area contributed by atoms with Crippen LogP contribution in [-0.4, -0.2) is 32.7 Å². The van der Waals surface area contributed by atoms with Crippen molar-refractivity contribution in [2.24, 2.45) is 0 Å². The summed E-state index contributed by atoms with van der Waals surface area (Å²) >= 11 is 0. The Labute approximate surface area is 212 Å². The van der Waals surface area contributed by atoms with Gasteiger partial charge >= 0.3 is 0 Å². The number of benzene rings is 4. The number of nitrogens with zero attached hydrogens (tertiary/aromatic N) is 2. The Bertz CT molecular complexity index is 1490. The summed E-state index contributed by atoms with van der Waals surface area (Å²) in [5.74, 6) is -0.164. The molecule has 1 heterocycles. The molecule has 180 valence electrons. The lowest BCUT2D eigenvalue weighted by molar-refractivity contribution is -0.112. The molecule has 0 saturated heterocycles. The fourth-order valence-corrected chi connectivity index (χ4v) is 5.99. The molecule has 0 atom stereocenters. The molecule has 0 aromatic heterocycles. The van der Waals surface area contributed by atoms with Crippen molar-refractivity contribution in [3.63, 3.8) is 0 Å². The summed E-state index contributed by atoms with van der Waals surface area (Å²) in [5, 5.41) is 0. The van der Waals surface area contributed by atoms with Crippen LogP contribution in [0.4, 0.5) is 5.69 Å². The molecule has 1 aliphatic heterocycles. The van der Waals surface area contributed by atoms with Crippen LogP contribution in [-0.2, 0) is 14.8 Å². The predicted molar refractivity (Wildman–Crippen MR) is 144 cm³/mol. The highest BCUT2D eigenvalue weighted by Crippen LogP contribution is 2.40. The third kappa shape index (κ3) is 4.26. The number of anilines is 1. The van der Waals surface area contributed by atoms with Crippen LogP contribution in [0.1, 0.15) is 28.3 Å². The number of carbonyl (C=O) groups is 1. The van der Waals surface area contributed by atoms with E-state index >= 15 is 0 Å². The van der Waals surface area contributed by atoms with Crippen molar-refractivity contribution in [2.75, 3.05) is 19.0 Å². The zero-order valence-electron chi connectivity index (χ0n) is 20.1. The first-order valence-corrected chi connectivity index (χ1v) is 13.1. The van der Waals surface area contributed by atoms with E-state index in [1.807, 2.05) is 97.1 Å². The molecule has 6 heteroatoms. The Morgan fingerprint density at radius 2 is 1.31 bits per heavy atom. The van der Waals surface area contributed by atoms with E-state index < -0.39 is 16.1 Å². The molecule has 1 aliphatic rings. The standard InChI is InChI=1S/C30H26N2O3S/c1-31-28-19-18-25(21-26(28)27(30(31)33)20-22-12-6-3-7-13-22)36(34,35)32(2)29(23-14-8-4-9-15-23)24-16-10-5-11-17-24/h3-21,29H,1-2H3/b27-20+. The van der Waals surface area contributed by atoms with E-state index in [-0.39, 0.29) is 10.8 Å². The summed E-state index contributed by atoms with van der Waals surface area (Å²) < 4.78 is 29.3. The minimum atomic E-state index is -3.91. The van der Waals surface area contributed by atoms with Gasteiger partial charge in [-0.3, -0.25) is 4.79 Å². The minimum absolute atomic E-state index is 0.141. The molecule has 0 unspecified atom stereocenters. The van der Waals surface area contributed by atoms with E-state index in [2.05, 4.69) is 0 Å². The van der Waals surface area contributed by atoms with Crippen molar-refractivity contribution in [1.29, 1.82) is 0 Å². The van der Waals surface area contributed by atoms with Crippen molar-refractivity contribution < 1.29 is 13.2 Å². The normalized spacial score (nSPS) is 14.6. The number of hydrogen-bond donors (Lipinski definition) is 0. The Balaban J connectivity index is 1.59. The van der Waals surface area contributed by atoms with Gasteiger partial charge in [-0.25, -0.2) is 8.42 Å². The van der Waals surface area contributed by atoms with E-state index in [1.165, 1.54) is 4.31 Å². The van der Waals surface area contributed by atoms with E-state index in [4.69, 9.17) is 0 Å². The average Bonchev–Trinajstić information content (AvgIpc) is 3.15. The van der Waals surface area contributed by atoms with Gasteiger partial charge in [0.1, 0.15) is 0 Å². The molecule has 36 heavy (non-hydrogen) atoms. The van der Waals surface area contributed by atoms with Gasteiger partial charge in [-0.15, -0.1) is 0 Å². The molecule has 0 spiro atoms. The zero-order valence-corrected chi connectivity index (χ0v) is 20.9. The van der Waals surface area contributed by atoms with Gasteiger partial charge in [0.25, 0.3) is 5.91 Å². The third-order valence-corrected chi connectivity index (χ3v) is 8.36. The van der Waals surface area contributed by atoms with Crippen LogP contribution in [0, 0.1) is 0 Å². The van der Waals surface area contributed by atoms with E-state index in [0.717, 1.165) is 16.7 Å². The summed E-state index contributed by atoms with van der Waals surface area (Å²) in [5.41, 5.74) is 4.39. The maximum atomic E-state index is 14.0. The summed E-state index contributed by atoms with van der Waals surface area (Å²) in [6, 6.07) is 33.1. The number of fused-ring (bicyclic) bond motifs is 1. The van der Waals surface area contributed by atoms with Crippen LogP contribution in [0.2, 0.25) is 0 Å². The Hall–Kier alpha value is -4.00. The first-order valence-electron chi connectivity index (χ1n) is 11.6. The van der Waals surface area contributed by atoms with Crippen LogP contribution in [0.3, 0.4) is 0 Å². The summed E-state index contributed by atoms with van der Waals surface area (Å²) in [7, 11) is -0.606. The van der Waals surface area contributed by atoms with Gasteiger partial charge in [-0.1, -0.05) is 91.0 Å². The monoisotopic (exact) mass is 494 g/mol. The van der Waals surface area contributed by atoms with Gasteiger partial charge in [-0.05, 0) is 41.0 Å². The molecule has 5 rings (SSSR count). The van der Waals surface area contributed by atoms with Crippen LogP contribution in [0.15, 0.2) is 114 Å². The Morgan fingerprint density at radius 3 is 1.86 bits per heavy atom. The molecule has 4 aromatic carbocycles. The average molecular weight is 495 g/mol. The molecule has 5 nitrogen and oxygen atoms in total. The summed E-state index contributed by atoms with van der Waals surface area (Å²) in [6.45, 7) is 0. The van der Waals surface area contributed by atoms with E-state index in [0.29, 0.717) is 16.8 Å². The second kappa shape index (κ2) is 9.57. The highest BCUT2D eigenvalue weighted by atomic mass is 32.2. The lowest BCUT2D eigenvalue weighted by Crippen LogP contribution is -2.32. The third-order valence-electron chi connectivity index (χ3n) is 6.54. The molecule has 0 aliphatic carbocycles. The Morgan fingerprint density at radius 1 is 0.778 bits per heavy atom. The summed E-state index contributed by atoms with van der Waals surface area (Å²) in [4.78, 5) is 14.7. The second-order valence-corrected chi connectivity index (χ2v) is 10.8. The molecular formula is C30H26N2O3S. The summed E-state index contributed by atoms with van der Waals surface area (Å²) in [6.07, 6.45) is 1.81. The predicted octanol–water partition coefficient (Wildman–Crippen LogP) is 5.61. The van der Waals surface area contributed by atoms with Gasteiger partial charge in [0.2, 0.25) is 10.0 Å². The molecule has 0 radical (unpaired) electrons. The fourth-order valence-electron chi connectivity index (χ4n) is 4.63.